The molecule has 0 spiro atoms. The van der Waals surface area contributed by atoms with Gasteiger partial charge in [-0.15, -0.1) is 0 Å². The number of nitrogens with one attached hydrogen (secondary N) is 1. The van der Waals surface area contributed by atoms with E-state index in [9.17, 15) is 4.79 Å². The van der Waals surface area contributed by atoms with Crippen LogP contribution in [0.25, 0.3) is 5.69 Å². The first-order chi connectivity index (χ1) is 11.1. The van der Waals surface area contributed by atoms with E-state index in [1.54, 1.807) is 35.3 Å². The Labute approximate surface area is 145 Å². The summed E-state index contributed by atoms with van der Waals surface area (Å²) >= 11 is 12.1. The molecule has 0 unspecified atom stereocenters. The Hall–Kier alpha value is -1.56. The predicted octanol–water partition coefficient (Wildman–Crippen LogP) is 3.00. The zero-order valence-electron chi connectivity index (χ0n) is 12.8. The molecule has 1 fully saturated rings. The third kappa shape index (κ3) is 3.37. The molecule has 0 saturated carbocycles. The molecule has 1 saturated heterocycles. The largest absolute Gasteiger partial charge is 0.334 e. The van der Waals surface area contributed by atoms with Gasteiger partial charge in [0.25, 0.3) is 5.91 Å². The zero-order valence-corrected chi connectivity index (χ0v) is 14.3. The van der Waals surface area contributed by atoms with Crippen LogP contribution in [0.4, 0.5) is 0 Å². The average molecular weight is 353 g/mol. The second kappa shape index (κ2) is 6.91. The summed E-state index contributed by atoms with van der Waals surface area (Å²) in [6.07, 6.45) is 5.37. The van der Waals surface area contributed by atoms with Crippen LogP contribution in [0.1, 0.15) is 23.2 Å². The van der Waals surface area contributed by atoms with Gasteiger partial charge in [-0.1, -0.05) is 23.2 Å². The van der Waals surface area contributed by atoms with Crippen molar-refractivity contribution < 1.29 is 4.79 Å². The van der Waals surface area contributed by atoms with Gasteiger partial charge in [0.05, 0.1) is 22.5 Å². The SMILES string of the molecule is CNC[C@H]1CCCN1C(=O)c1cnn(-c2ccc(Cl)cc2Cl)c1. The molecule has 1 N–H and O–H groups in total. The number of aromatic nitrogens is 2. The molecule has 23 heavy (non-hydrogen) atoms. The van der Waals surface area contributed by atoms with E-state index in [1.165, 1.54) is 0 Å². The lowest BCUT2D eigenvalue weighted by molar-refractivity contribution is 0.0737. The normalized spacial score (nSPS) is 17.7. The molecule has 0 bridgehead atoms. The Morgan fingerprint density at radius 3 is 3.00 bits per heavy atom. The number of nitrogens with zero attached hydrogens (tertiary/aromatic N) is 3. The highest BCUT2D eigenvalue weighted by atomic mass is 35.5. The minimum Gasteiger partial charge on any atom is -0.334 e. The third-order valence-corrected chi connectivity index (χ3v) is 4.60. The Morgan fingerprint density at radius 1 is 1.43 bits per heavy atom. The molecule has 2 aromatic rings. The Bertz CT molecular complexity index is 716. The maximum absolute atomic E-state index is 12.7. The van der Waals surface area contributed by atoms with E-state index in [0.29, 0.717) is 21.3 Å². The topological polar surface area (TPSA) is 50.2 Å². The van der Waals surface area contributed by atoms with E-state index in [-0.39, 0.29) is 11.9 Å². The first-order valence-electron chi connectivity index (χ1n) is 7.56. The Balaban J connectivity index is 1.82. The standard InChI is InChI=1S/C16H18Cl2N4O/c1-19-9-13-3-2-6-21(13)16(23)11-8-20-22(10-11)15-5-4-12(17)7-14(15)18/h4-5,7-8,10,13,19H,2-3,6,9H2,1H3/t13-/m1/s1. The van der Waals surface area contributed by atoms with Crippen LogP contribution in [-0.4, -0.2) is 46.8 Å². The summed E-state index contributed by atoms with van der Waals surface area (Å²) < 4.78 is 1.61. The van der Waals surface area contributed by atoms with Crippen molar-refractivity contribution in [3.05, 3.63) is 46.2 Å². The molecular weight excluding hydrogens is 335 g/mol. The number of rotatable bonds is 4. The number of carbonyl (C=O) groups is 1. The maximum Gasteiger partial charge on any atom is 0.257 e. The number of hydrogen-bond donors (Lipinski definition) is 1. The number of benzene rings is 1. The van der Waals surface area contributed by atoms with Gasteiger partial charge in [0.15, 0.2) is 0 Å². The van der Waals surface area contributed by atoms with Crippen molar-refractivity contribution >= 4 is 29.1 Å². The lowest BCUT2D eigenvalue weighted by Crippen LogP contribution is -2.40. The molecule has 1 amide bonds. The zero-order chi connectivity index (χ0) is 16.4. The van der Waals surface area contributed by atoms with Crippen molar-refractivity contribution in [3.8, 4) is 5.69 Å². The molecule has 1 aromatic heterocycles. The summed E-state index contributed by atoms with van der Waals surface area (Å²) in [5.41, 5.74) is 1.27. The van der Waals surface area contributed by atoms with Crippen LogP contribution in [0.3, 0.4) is 0 Å². The summed E-state index contributed by atoms with van der Waals surface area (Å²) in [5, 5.41) is 8.47. The fraction of sp³-hybridized carbons (Fsp3) is 0.375. The fourth-order valence-electron chi connectivity index (χ4n) is 2.95. The first kappa shape index (κ1) is 16.3. The molecule has 3 rings (SSSR count). The number of halogens is 2. The number of amides is 1. The van der Waals surface area contributed by atoms with Gasteiger partial charge in [0.2, 0.25) is 0 Å². The lowest BCUT2D eigenvalue weighted by Gasteiger charge is -2.23. The first-order valence-corrected chi connectivity index (χ1v) is 8.31. The monoisotopic (exact) mass is 352 g/mol. The van der Waals surface area contributed by atoms with Gasteiger partial charge < -0.3 is 10.2 Å². The second-order valence-corrected chi connectivity index (χ2v) is 6.47. The quantitative estimate of drug-likeness (QED) is 0.919. The number of likely N-dealkylation sites (N-methyl/N-ethyl adjacent to an activating group) is 1. The van der Waals surface area contributed by atoms with Crippen molar-refractivity contribution in [1.82, 2.24) is 20.0 Å². The summed E-state index contributed by atoms with van der Waals surface area (Å²) in [6, 6.07) is 5.43. The fourth-order valence-corrected chi connectivity index (χ4v) is 3.44. The highest BCUT2D eigenvalue weighted by Gasteiger charge is 2.29. The van der Waals surface area contributed by atoms with E-state index >= 15 is 0 Å². The molecule has 0 radical (unpaired) electrons. The van der Waals surface area contributed by atoms with Crippen LogP contribution in [0.5, 0.6) is 0 Å². The minimum absolute atomic E-state index is 0.0130. The summed E-state index contributed by atoms with van der Waals surface area (Å²) in [5.74, 6) is 0.0130. The highest BCUT2D eigenvalue weighted by molar-refractivity contribution is 6.35. The van der Waals surface area contributed by atoms with Crippen LogP contribution in [0.15, 0.2) is 30.6 Å². The minimum atomic E-state index is 0.0130. The van der Waals surface area contributed by atoms with Gasteiger partial charge in [-0.2, -0.15) is 5.10 Å². The Kier molecular flexibility index (Phi) is 4.90. The smallest absolute Gasteiger partial charge is 0.257 e. The molecule has 1 aliphatic heterocycles. The highest BCUT2D eigenvalue weighted by Crippen LogP contribution is 2.25. The van der Waals surface area contributed by atoms with Crippen LogP contribution in [0.2, 0.25) is 10.0 Å². The molecule has 1 atom stereocenters. The number of hydrogen-bond acceptors (Lipinski definition) is 3. The molecule has 122 valence electrons. The molecule has 1 aliphatic rings. The summed E-state index contributed by atoms with van der Waals surface area (Å²) in [7, 11) is 1.90. The average Bonchev–Trinajstić information content (AvgIpc) is 3.16. The molecule has 0 aliphatic carbocycles. The van der Waals surface area contributed by atoms with Crippen molar-refractivity contribution in [1.29, 1.82) is 0 Å². The lowest BCUT2D eigenvalue weighted by atomic mass is 10.2. The van der Waals surface area contributed by atoms with Gasteiger partial charge in [0.1, 0.15) is 0 Å². The molecule has 5 nitrogen and oxygen atoms in total. The van der Waals surface area contributed by atoms with E-state index in [1.807, 2.05) is 11.9 Å². The number of likely N-dealkylation sites (tertiary alicyclic amines) is 1. The van der Waals surface area contributed by atoms with Gasteiger partial charge in [0, 0.05) is 30.4 Å². The third-order valence-electron chi connectivity index (χ3n) is 4.06. The van der Waals surface area contributed by atoms with Gasteiger partial charge in [-0.25, -0.2) is 4.68 Å². The van der Waals surface area contributed by atoms with Crippen molar-refractivity contribution in [2.75, 3.05) is 20.1 Å². The molecule has 7 heteroatoms. The van der Waals surface area contributed by atoms with Crippen LogP contribution in [0, 0.1) is 0 Å². The van der Waals surface area contributed by atoms with Gasteiger partial charge in [-0.05, 0) is 38.1 Å². The van der Waals surface area contributed by atoms with Crippen LogP contribution >= 0.6 is 23.2 Å². The maximum atomic E-state index is 12.7. The molecule has 1 aromatic carbocycles. The van der Waals surface area contributed by atoms with E-state index in [4.69, 9.17) is 23.2 Å². The molecule has 2 heterocycles. The second-order valence-electron chi connectivity index (χ2n) is 5.62. The van der Waals surface area contributed by atoms with Crippen LogP contribution in [-0.2, 0) is 0 Å². The van der Waals surface area contributed by atoms with Crippen molar-refractivity contribution in [3.63, 3.8) is 0 Å². The summed E-state index contributed by atoms with van der Waals surface area (Å²) in [6.45, 7) is 1.60. The number of carbonyl (C=O) groups excluding carboxylic acids is 1. The van der Waals surface area contributed by atoms with Crippen molar-refractivity contribution in [2.45, 2.75) is 18.9 Å². The van der Waals surface area contributed by atoms with E-state index in [0.717, 1.165) is 25.9 Å². The van der Waals surface area contributed by atoms with E-state index in [2.05, 4.69) is 10.4 Å². The van der Waals surface area contributed by atoms with E-state index < -0.39 is 0 Å². The molecular formula is C16H18Cl2N4O. The van der Waals surface area contributed by atoms with Crippen molar-refractivity contribution in [2.24, 2.45) is 0 Å². The van der Waals surface area contributed by atoms with Gasteiger partial charge in [-0.3, -0.25) is 4.79 Å². The Morgan fingerprint density at radius 2 is 2.26 bits per heavy atom. The van der Waals surface area contributed by atoms with Crippen LogP contribution < -0.4 is 5.32 Å². The summed E-state index contributed by atoms with van der Waals surface area (Å²) in [4.78, 5) is 14.6. The van der Waals surface area contributed by atoms with Gasteiger partial charge >= 0.3 is 0 Å². The predicted molar refractivity (Wildman–Crippen MR) is 91.6 cm³/mol.